The van der Waals surface area contributed by atoms with Gasteiger partial charge in [-0.1, -0.05) is 39.8 Å². The van der Waals surface area contributed by atoms with Crippen molar-refractivity contribution in [3.63, 3.8) is 0 Å². The number of hydrogen-bond donors (Lipinski definition) is 0. The Labute approximate surface area is 78.0 Å². The molecule has 0 saturated heterocycles. The van der Waals surface area contributed by atoms with Crippen LogP contribution in [0.15, 0.2) is 0 Å². The third kappa shape index (κ3) is 2.75. The van der Waals surface area contributed by atoms with Gasteiger partial charge in [-0.05, 0) is 17.3 Å². The van der Waals surface area contributed by atoms with Gasteiger partial charge < -0.3 is 0 Å². The van der Waals surface area contributed by atoms with Crippen molar-refractivity contribution in [1.82, 2.24) is 0 Å². The van der Waals surface area contributed by atoms with Crippen LogP contribution in [0.1, 0.15) is 34.6 Å². The van der Waals surface area contributed by atoms with Crippen LogP contribution in [0.25, 0.3) is 0 Å². The van der Waals surface area contributed by atoms with Gasteiger partial charge in [-0.25, -0.2) is 0 Å². The third-order valence-electron chi connectivity index (χ3n) is 3.66. The van der Waals surface area contributed by atoms with Crippen LogP contribution in [0.5, 0.6) is 0 Å². The summed E-state index contributed by atoms with van der Waals surface area (Å²) in [5.41, 5.74) is 0.550. The molecule has 0 amide bonds. The molecule has 0 fully saturated rings. The fourth-order valence-corrected chi connectivity index (χ4v) is 3.10. The highest BCUT2D eigenvalue weighted by Gasteiger charge is 2.30. The monoisotopic (exact) mass is 188 g/mol. The van der Waals surface area contributed by atoms with Gasteiger partial charge in [0.05, 0.1) is 0 Å². The maximum atomic E-state index is 2.44. The lowest BCUT2D eigenvalue weighted by Crippen LogP contribution is -2.30. The van der Waals surface area contributed by atoms with Crippen molar-refractivity contribution in [3.8, 4) is 0 Å². The van der Waals surface area contributed by atoms with Crippen LogP contribution < -0.4 is 0 Å². The molecule has 0 spiro atoms. The quantitative estimate of drug-likeness (QED) is 0.574. The number of hydrogen-bond acceptors (Lipinski definition) is 0. The van der Waals surface area contributed by atoms with Gasteiger partial charge in [0.1, 0.15) is 0 Å². The van der Waals surface area contributed by atoms with Gasteiger partial charge in [-0.15, -0.1) is 0 Å². The molecule has 0 aliphatic heterocycles. The fraction of sp³-hybridized carbons (Fsp3) is 1.00. The van der Waals surface area contributed by atoms with Crippen molar-refractivity contribution in [1.29, 1.82) is 0 Å². The Balaban J connectivity index is 4.29. The second-order valence-corrected chi connectivity index (χ2v) is 11.0. The highest BCUT2D eigenvalue weighted by Crippen LogP contribution is 2.38. The summed E-state index contributed by atoms with van der Waals surface area (Å²) in [6.45, 7) is 12.0. The van der Waals surface area contributed by atoms with Crippen LogP contribution >= 0.6 is 0 Å². The minimum absolute atomic E-state index is 0.550. The first-order chi connectivity index (χ1) is 4.80. The van der Waals surface area contributed by atoms with E-state index in [-0.39, 0.29) is 0 Å². The average molecular weight is 188 g/mol. The van der Waals surface area contributed by atoms with Crippen LogP contribution in [0.3, 0.4) is 0 Å². The molecule has 68 valence electrons. The predicted octanol–water partition coefficient (Wildman–Crippen LogP) is 0.782. The summed E-state index contributed by atoms with van der Waals surface area (Å²) in [7, 11) is 2.78. The fourth-order valence-electron chi connectivity index (χ4n) is 1.38. The van der Waals surface area contributed by atoms with E-state index in [1.165, 1.54) is 20.5 Å². The zero-order valence-electron chi connectivity index (χ0n) is 9.23. The molecule has 0 aliphatic carbocycles. The number of rotatable bonds is 3. The summed E-state index contributed by atoms with van der Waals surface area (Å²) < 4.78 is 0. The van der Waals surface area contributed by atoms with E-state index < -0.39 is 0 Å². The van der Waals surface area contributed by atoms with Crippen molar-refractivity contribution in [2.75, 3.05) is 0 Å². The Kier molecular flexibility index (Phi) is 4.05. The lowest BCUT2D eigenvalue weighted by molar-refractivity contribution is 0.159. The minimum atomic E-state index is 0.550. The second kappa shape index (κ2) is 3.90. The SMILES string of the molecule is CC(C)C(C)(C)C(C)C([SiH3])[SiH3]. The topological polar surface area (TPSA) is 0 Å². The Bertz CT molecular complexity index is 117. The van der Waals surface area contributed by atoms with Crippen molar-refractivity contribution < 1.29 is 0 Å². The first-order valence-electron chi connectivity index (χ1n) is 4.80. The van der Waals surface area contributed by atoms with Gasteiger partial charge in [0, 0.05) is 20.5 Å². The van der Waals surface area contributed by atoms with E-state index in [2.05, 4.69) is 34.6 Å². The molecule has 0 aliphatic rings. The molecule has 11 heavy (non-hydrogen) atoms. The predicted molar refractivity (Wildman–Crippen MR) is 61.4 cm³/mol. The Morgan fingerprint density at radius 2 is 1.36 bits per heavy atom. The first-order valence-corrected chi connectivity index (χ1v) is 7.11. The van der Waals surface area contributed by atoms with Crippen LogP contribution in [0, 0.1) is 17.3 Å². The summed E-state index contributed by atoms with van der Waals surface area (Å²) in [6, 6.07) is 0. The largest absolute Gasteiger partial charge is 0.0633 e. The van der Waals surface area contributed by atoms with Crippen molar-refractivity contribution in [3.05, 3.63) is 0 Å². The molecule has 0 aromatic rings. The highest BCUT2D eigenvalue weighted by atomic mass is 28.2. The first kappa shape index (κ1) is 11.4. The summed E-state index contributed by atoms with van der Waals surface area (Å²) >= 11 is 0. The van der Waals surface area contributed by atoms with E-state index in [1.807, 2.05) is 0 Å². The minimum Gasteiger partial charge on any atom is -0.0633 e. The zero-order chi connectivity index (χ0) is 9.23. The standard InChI is InChI=1S/C9H24Si2/c1-6(2)9(4,5)7(3)8(10)11/h6-8H,1-5,10-11H3. The van der Waals surface area contributed by atoms with Crippen LogP contribution in [0.4, 0.5) is 0 Å². The van der Waals surface area contributed by atoms with E-state index in [0.717, 1.165) is 17.0 Å². The third-order valence-corrected chi connectivity index (χ3v) is 5.66. The van der Waals surface area contributed by atoms with E-state index in [1.54, 1.807) is 0 Å². The molecule has 0 heterocycles. The van der Waals surface area contributed by atoms with Gasteiger partial charge in [0.15, 0.2) is 0 Å². The Morgan fingerprint density at radius 3 is 1.45 bits per heavy atom. The van der Waals surface area contributed by atoms with Crippen LogP contribution in [0.2, 0.25) is 5.16 Å². The van der Waals surface area contributed by atoms with Gasteiger partial charge in [0.25, 0.3) is 0 Å². The lowest BCUT2D eigenvalue weighted by Gasteiger charge is -2.38. The van der Waals surface area contributed by atoms with Crippen LogP contribution in [-0.4, -0.2) is 20.5 Å². The normalized spacial score (nSPS) is 19.1. The van der Waals surface area contributed by atoms with E-state index in [0.29, 0.717) is 5.41 Å². The molecule has 0 aromatic heterocycles. The molecule has 0 saturated carbocycles. The average Bonchev–Trinajstić information content (AvgIpc) is 1.85. The summed E-state index contributed by atoms with van der Waals surface area (Å²) in [5, 5.41) is 1.08. The molecule has 1 unspecified atom stereocenters. The van der Waals surface area contributed by atoms with E-state index in [4.69, 9.17) is 0 Å². The Hall–Kier alpha value is 0.434. The maximum Gasteiger partial charge on any atom is 0.00281 e. The second-order valence-electron chi connectivity index (χ2n) is 5.01. The summed E-state index contributed by atoms with van der Waals surface area (Å²) in [6.07, 6.45) is 0. The van der Waals surface area contributed by atoms with Crippen molar-refractivity contribution >= 4 is 20.5 Å². The molecule has 0 rings (SSSR count). The summed E-state index contributed by atoms with van der Waals surface area (Å²) in [4.78, 5) is 0. The van der Waals surface area contributed by atoms with E-state index in [9.17, 15) is 0 Å². The smallest absolute Gasteiger partial charge is 0.00281 e. The molecule has 1 atom stereocenters. The molecular formula is C9H24Si2. The van der Waals surface area contributed by atoms with Gasteiger partial charge >= 0.3 is 0 Å². The van der Waals surface area contributed by atoms with Crippen molar-refractivity contribution in [2.24, 2.45) is 17.3 Å². The molecule has 0 N–H and O–H groups in total. The zero-order valence-corrected chi connectivity index (χ0v) is 13.2. The molecule has 0 nitrogen and oxygen atoms in total. The summed E-state index contributed by atoms with van der Waals surface area (Å²) in [5.74, 6) is 1.75. The molecule has 0 aromatic carbocycles. The molecule has 2 heteroatoms. The van der Waals surface area contributed by atoms with Gasteiger partial charge in [-0.3, -0.25) is 0 Å². The van der Waals surface area contributed by atoms with Gasteiger partial charge in [-0.2, -0.15) is 0 Å². The van der Waals surface area contributed by atoms with Gasteiger partial charge in [0.2, 0.25) is 0 Å². The highest BCUT2D eigenvalue weighted by molar-refractivity contribution is 6.35. The molecule has 0 bridgehead atoms. The Morgan fingerprint density at radius 1 is 1.00 bits per heavy atom. The lowest BCUT2D eigenvalue weighted by atomic mass is 9.72. The van der Waals surface area contributed by atoms with Crippen molar-refractivity contribution in [2.45, 2.75) is 39.8 Å². The van der Waals surface area contributed by atoms with E-state index >= 15 is 0 Å². The van der Waals surface area contributed by atoms with Crippen LogP contribution in [-0.2, 0) is 0 Å². The molecule has 0 radical (unpaired) electrons. The maximum absolute atomic E-state index is 2.44. The molecular weight excluding hydrogens is 164 g/mol.